The monoisotopic (exact) mass is 305 g/mol. The van der Waals surface area contributed by atoms with Gasteiger partial charge < -0.3 is 5.73 Å². The van der Waals surface area contributed by atoms with Crippen molar-refractivity contribution in [2.45, 2.75) is 26.4 Å². The van der Waals surface area contributed by atoms with Crippen LogP contribution in [0.4, 0.5) is 5.69 Å². The number of hydrogen-bond donors (Lipinski definition) is 1. The van der Waals surface area contributed by atoms with Crippen LogP contribution in [-0.2, 0) is 16.8 Å². The number of benzene rings is 1. The number of nitrogens with zero attached hydrogens (tertiary/aromatic N) is 2. The minimum Gasteiger partial charge on any atom is -0.399 e. The van der Waals surface area contributed by atoms with Gasteiger partial charge in [0.1, 0.15) is 0 Å². The maximum atomic E-state index is 12.3. The topological polar surface area (TPSA) is 66.6 Å². The van der Waals surface area contributed by atoms with Crippen molar-refractivity contribution in [3.63, 3.8) is 0 Å². The smallest absolute Gasteiger partial charge is 0.282 e. The Morgan fingerprint density at radius 3 is 2.42 bits per heavy atom. The Morgan fingerprint density at radius 1 is 1.32 bits per heavy atom. The number of rotatable bonds is 5. The van der Waals surface area contributed by atoms with E-state index < -0.39 is 10.2 Å². The first-order chi connectivity index (χ1) is 8.66. The Morgan fingerprint density at radius 2 is 1.89 bits per heavy atom. The summed E-state index contributed by atoms with van der Waals surface area (Å²) in [5.74, 6) is 0. The van der Waals surface area contributed by atoms with Crippen molar-refractivity contribution in [2.24, 2.45) is 0 Å². The van der Waals surface area contributed by atoms with Gasteiger partial charge in [-0.05, 0) is 37.6 Å². The largest absolute Gasteiger partial charge is 0.399 e. The standard InChI is InChI=1S/C12H20ClN3O2S/c1-9(2)16(4)19(17,18)15(3)8-10-7-11(14)5-6-12(10)13/h5-7,9H,8,14H2,1-4H3. The first kappa shape index (κ1) is 16.2. The van der Waals surface area contributed by atoms with Crippen molar-refractivity contribution >= 4 is 27.5 Å². The van der Waals surface area contributed by atoms with Crippen LogP contribution in [-0.4, -0.2) is 37.2 Å². The summed E-state index contributed by atoms with van der Waals surface area (Å²) in [5.41, 5.74) is 6.93. The average molecular weight is 306 g/mol. The molecule has 108 valence electrons. The van der Waals surface area contributed by atoms with Gasteiger partial charge in [-0.1, -0.05) is 11.6 Å². The number of anilines is 1. The van der Waals surface area contributed by atoms with E-state index in [0.717, 1.165) is 0 Å². The van der Waals surface area contributed by atoms with Crippen molar-refractivity contribution in [3.05, 3.63) is 28.8 Å². The zero-order valence-electron chi connectivity index (χ0n) is 11.6. The van der Waals surface area contributed by atoms with Crippen molar-refractivity contribution in [1.82, 2.24) is 8.61 Å². The molecule has 0 unspecified atom stereocenters. The molecule has 0 fully saturated rings. The van der Waals surface area contributed by atoms with Crippen molar-refractivity contribution in [1.29, 1.82) is 0 Å². The summed E-state index contributed by atoms with van der Waals surface area (Å²) in [6.07, 6.45) is 0. The van der Waals surface area contributed by atoms with Gasteiger partial charge in [0.2, 0.25) is 0 Å². The summed E-state index contributed by atoms with van der Waals surface area (Å²) in [5, 5.41) is 0.503. The molecule has 1 aromatic rings. The minimum absolute atomic E-state index is 0.108. The molecular formula is C12H20ClN3O2S. The molecule has 2 N–H and O–H groups in total. The molecule has 0 aromatic heterocycles. The summed E-state index contributed by atoms with van der Waals surface area (Å²) in [6, 6.07) is 4.92. The number of halogens is 1. The molecule has 0 saturated heterocycles. The molecule has 5 nitrogen and oxygen atoms in total. The fourth-order valence-corrected chi connectivity index (χ4v) is 2.98. The molecule has 0 bridgehead atoms. The van der Waals surface area contributed by atoms with Crippen LogP contribution in [0.3, 0.4) is 0 Å². The van der Waals surface area contributed by atoms with Gasteiger partial charge in [0.25, 0.3) is 10.2 Å². The van der Waals surface area contributed by atoms with Gasteiger partial charge >= 0.3 is 0 Å². The molecular weight excluding hydrogens is 286 g/mol. The second-order valence-corrected chi connectivity index (χ2v) is 7.23. The predicted molar refractivity (Wildman–Crippen MR) is 79.2 cm³/mol. The van der Waals surface area contributed by atoms with Gasteiger partial charge in [0.15, 0.2) is 0 Å². The highest BCUT2D eigenvalue weighted by molar-refractivity contribution is 7.86. The lowest BCUT2D eigenvalue weighted by atomic mass is 10.2. The SMILES string of the molecule is CC(C)N(C)S(=O)(=O)N(C)Cc1cc(N)ccc1Cl. The van der Waals surface area contributed by atoms with Crippen molar-refractivity contribution < 1.29 is 8.42 Å². The first-order valence-corrected chi connectivity index (χ1v) is 7.67. The van der Waals surface area contributed by atoms with E-state index in [1.165, 1.54) is 15.7 Å². The van der Waals surface area contributed by atoms with Gasteiger partial charge in [0, 0.05) is 37.4 Å². The van der Waals surface area contributed by atoms with Gasteiger partial charge in [-0.2, -0.15) is 17.0 Å². The zero-order valence-corrected chi connectivity index (χ0v) is 13.2. The molecule has 0 amide bonds. The van der Waals surface area contributed by atoms with Crippen LogP contribution in [0.1, 0.15) is 19.4 Å². The molecule has 0 spiro atoms. The Labute approximate surface area is 120 Å². The van der Waals surface area contributed by atoms with Crippen LogP contribution >= 0.6 is 11.6 Å². The van der Waals surface area contributed by atoms with E-state index in [0.29, 0.717) is 16.3 Å². The van der Waals surface area contributed by atoms with E-state index in [4.69, 9.17) is 17.3 Å². The number of hydrogen-bond acceptors (Lipinski definition) is 3. The zero-order chi connectivity index (χ0) is 14.8. The predicted octanol–water partition coefficient (Wildman–Crippen LogP) is 1.94. The second kappa shape index (κ2) is 6.09. The summed E-state index contributed by atoms with van der Waals surface area (Å²) in [4.78, 5) is 0. The third-order valence-corrected chi connectivity index (χ3v) is 5.38. The van der Waals surface area contributed by atoms with Crippen LogP contribution in [0, 0.1) is 0 Å². The molecule has 19 heavy (non-hydrogen) atoms. The lowest BCUT2D eigenvalue weighted by Gasteiger charge is -2.27. The van der Waals surface area contributed by atoms with E-state index in [9.17, 15) is 8.42 Å². The summed E-state index contributed by atoms with van der Waals surface area (Å²) in [6.45, 7) is 3.82. The van der Waals surface area contributed by atoms with Crippen molar-refractivity contribution in [2.75, 3.05) is 19.8 Å². The molecule has 1 rings (SSSR count). The summed E-state index contributed by atoms with van der Waals surface area (Å²) < 4.78 is 27.1. The Hall–Kier alpha value is -0.820. The molecule has 0 saturated carbocycles. The molecule has 7 heteroatoms. The van der Waals surface area contributed by atoms with E-state index in [-0.39, 0.29) is 12.6 Å². The lowest BCUT2D eigenvalue weighted by Crippen LogP contribution is -2.42. The highest BCUT2D eigenvalue weighted by Gasteiger charge is 2.26. The third-order valence-electron chi connectivity index (χ3n) is 2.95. The number of nitrogens with two attached hydrogens (primary N) is 1. The van der Waals surface area contributed by atoms with Crippen LogP contribution in [0.15, 0.2) is 18.2 Å². The maximum Gasteiger partial charge on any atom is 0.282 e. The van der Waals surface area contributed by atoms with Crippen LogP contribution in [0.25, 0.3) is 0 Å². The third kappa shape index (κ3) is 3.82. The van der Waals surface area contributed by atoms with Gasteiger partial charge in [0.05, 0.1) is 0 Å². The van der Waals surface area contributed by atoms with Crippen molar-refractivity contribution in [3.8, 4) is 0 Å². The van der Waals surface area contributed by atoms with Gasteiger partial charge in [-0.25, -0.2) is 0 Å². The first-order valence-electron chi connectivity index (χ1n) is 5.89. The van der Waals surface area contributed by atoms with Crippen LogP contribution in [0.2, 0.25) is 5.02 Å². The molecule has 0 aliphatic carbocycles. The van der Waals surface area contributed by atoms with E-state index >= 15 is 0 Å². The Bertz CT molecular complexity index is 546. The molecule has 0 aliphatic rings. The summed E-state index contributed by atoms with van der Waals surface area (Å²) in [7, 11) is -0.424. The van der Waals surface area contributed by atoms with Gasteiger partial charge in [-0.15, -0.1) is 0 Å². The van der Waals surface area contributed by atoms with E-state index in [1.807, 2.05) is 13.8 Å². The maximum absolute atomic E-state index is 12.3. The average Bonchev–Trinajstić information content (AvgIpc) is 2.32. The molecule has 0 atom stereocenters. The van der Waals surface area contributed by atoms with Gasteiger partial charge in [-0.3, -0.25) is 0 Å². The Kier molecular flexibility index (Phi) is 5.20. The lowest BCUT2D eigenvalue weighted by molar-refractivity contribution is 0.355. The van der Waals surface area contributed by atoms with E-state index in [2.05, 4.69) is 0 Å². The quantitative estimate of drug-likeness (QED) is 0.845. The molecule has 0 heterocycles. The van der Waals surface area contributed by atoms with E-state index in [1.54, 1.807) is 25.2 Å². The molecule has 0 aliphatic heterocycles. The minimum atomic E-state index is -3.50. The number of nitrogen functional groups attached to an aromatic ring is 1. The highest BCUT2D eigenvalue weighted by atomic mass is 35.5. The normalized spacial score (nSPS) is 12.6. The van der Waals surface area contributed by atoms with Crippen LogP contribution < -0.4 is 5.73 Å². The molecule has 0 radical (unpaired) electrons. The fraction of sp³-hybridized carbons (Fsp3) is 0.500. The second-order valence-electron chi connectivity index (χ2n) is 4.72. The fourth-order valence-electron chi connectivity index (χ4n) is 1.52. The Balaban J connectivity index is 2.96. The summed E-state index contributed by atoms with van der Waals surface area (Å²) >= 11 is 6.04. The van der Waals surface area contributed by atoms with Crippen LogP contribution in [0.5, 0.6) is 0 Å². The highest BCUT2D eigenvalue weighted by Crippen LogP contribution is 2.22. The molecule has 1 aromatic carbocycles.